The molecule has 0 aliphatic heterocycles. The zero-order valence-electron chi connectivity index (χ0n) is 8.12. The summed E-state index contributed by atoms with van der Waals surface area (Å²) in [5.74, 6) is -0.362. The molecular formula is C10H8Br2FN3. The molecule has 2 aromatic rings. The molecule has 1 aromatic carbocycles. The van der Waals surface area contributed by atoms with Crippen LogP contribution >= 0.6 is 31.9 Å². The average molecular weight is 349 g/mol. The van der Waals surface area contributed by atoms with Crippen molar-refractivity contribution >= 4 is 31.9 Å². The van der Waals surface area contributed by atoms with Crippen LogP contribution in [0.3, 0.4) is 0 Å². The molecule has 0 radical (unpaired) electrons. The summed E-state index contributed by atoms with van der Waals surface area (Å²) >= 11 is 6.45. The third kappa shape index (κ3) is 2.05. The molecule has 0 fully saturated rings. The fourth-order valence-electron chi connectivity index (χ4n) is 1.35. The fourth-order valence-corrected chi connectivity index (χ4v) is 2.13. The molecule has 16 heavy (non-hydrogen) atoms. The van der Waals surface area contributed by atoms with Crippen molar-refractivity contribution in [2.45, 2.75) is 6.54 Å². The van der Waals surface area contributed by atoms with E-state index in [1.54, 1.807) is 24.5 Å². The molecule has 84 valence electrons. The number of hydrogen-bond donors (Lipinski definition) is 1. The van der Waals surface area contributed by atoms with Crippen LogP contribution in [0.15, 0.2) is 33.5 Å². The minimum atomic E-state index is -0.362. The third-order valence-electron chi connectivity index (χ3n) is 2.16. The molecule has 6 heteroatoms. The molecule has 1 aromatic heterocycles. The molecule has 0 unspecified atom stereocenters. The van der Waals surface area contributed by atoms with Gasteiger partial charge in [0.25, 0.3) is 0 Å². The van der Waals surface area contributed by atoms with Gasteiger partial charge < -0.3 is 5.73 Å². The molecule has 0 amide bonds. The summed E-state index contributed by atoms with van der Waals surface area (Å²) < 4.78 is 16.6. The molecule has 0 aliphatic carbocycles. The standard InChI is InChI=1S/C10H8Br2FN3/c11-7-4-15-16(5-7)8-2-1-6(3-14)9(12)10(8)13/h1-2,4-5H,3,14H2. The van der Waals surface area contributed by atoms with Crippen LogP contribution in [0.4, 0.5) is 4.39 Å². The molecule has 3 nitrogen and oxygen atoms in total. The monoisotopic (exact) mass is 347 g/mol. The van der Waals surface area contributed by atoms with E-state index >= 15 is 0 Å². The van der Waals surface area contributed by atoms with E-state index in [9.17, 15) is 4.39 Å². The molecule has 0 saturated heterocycles. The van der Waals surface area contributed by atoms with E-state index in [0.29, 0.717) is 16.7 Å². The lowest BCUT2D eigenvalue weighted by Crippen LogP contribution is -2.03. The number of aromatic nitrogens is 2. The molecular weight excluding hydrogens is 341 g/mol. The minimum Gasteiger partial charge on any atom is -0.326 e. The highest BCUT2D eigenvalue weighted by Gasteiger charge is 2.12. The maximum atomic E-state index is 14.0. The van der Waals surface area contributed by atoms with Gasteiger partial charge in [0.05, 0.1) is 15.1 Å². The van der Waals surface area contributed by atoms with Gasteiger partial charge in [0.15, 0.2) is 5.82 Å². The summed E-state index contributed by atoms with van der Waals surface area (Å²) in [6.45, 7) is 0.292. The molecule has 2 rings (SSSR count). The van der Waals surface area contributed by atoms with Crippen molar-refractivity contribution in [2.24, 2.45) is 5.73 Å². The highest BCUT2D eigenvalue weighted by molar-refractivity contribution is 9.10. The van der Waals surface area contributed by atoms with Gasteiger partial charge in [-0.25, -0.2) is 9.07 Å². The van der Waals surface area contributed by atoms with Crippen molar-refractivity contribution in [3.63, 3.8) is 0 Å². The van der Waals surface area contributed by atoms with Crippen molar-refractivity contribution in [3.8, 4) is 5.69 Å². The van der Waals surface area contributed by atoms with Crippen molar-refractivity contribution in [1.82, 2.24) is 9.78 Å². The summed E-state index contributed by atoms with van der Waals surface area (Å²) in [7, 11) is 0. The molecule has 2 N–H and O–H groups in total. The average Bonchev–Trinajstić information content (AvgIpc) is 2.69. The second-order valence-corrected chi connectivity index (χ2v) is 4.89. The maximum Gasteiger partial charge on any atom is 0.163 e. The van der Waals surface area contributed by atoms with Crippen LogP contribution in [-0.2, 0) is 6.54 Å². The second kappa shape index (κ2) is 4.65. The van der Waals surface area contributed by atoms with Gasteiger partial charge in [0, 0.05) is 12.7 Å². The number of halogens is 3. The number of hydrogen-bond acceptors (Lipinski definition) is 2. The quantitative estimate of drug-likeness (QED) is 0.906. The van der Waals surface area contributed by atoms with Crippen LogP contribution in [0, 0.1) is 5.82 Å². The van der Waals surface area contributed by atoms with E-state index in [1.807, 2.05) is 0 Å². The molecule has 0 spiro atoms. The Labute approximate surface area is 109 Å². The van der Waals surface area contributed by atoms with Crippen LogP contribution in [0.1, 0.15) is 5.56 Å². The summed E-state index contributed by atoms with van der Waals surface area (Å²) in [6, 6.07) is 3.43. The van der Waals surface area contributed by atoms with E-state index in [2.05, 4.69) is 37.0 Å². The third-order valence-corrected chi connectivity index (χ3v) is 3.43. The van der Waals surface area contributed by atoms with Crippen LogP contribution in [0.25, 0.3) is 5.69 Å². The van der Waals surface area contributed by atoms with Gasteiger partial charge in [-0.3, -0.25) is 0 Å². The largest absolute Gasteiger partial charge is 0.326 e. The van der Waals surface area contributed by atoms with Crippen molar-refractivity contribution in [3.05, 3.63) is 44.9 Å². The molecule has 0 aliphatic rings. The van der Waals surface area contributed by atoms with Gasteiger partial charge in [-0.1, -0.05) is 6.07 Å². The summed E-state index contributed by atoms with van der Waals surface area (Å²) in [5, 5.41) is 4.02. The number of rotatable bonds is 2. The van der Waals surface area contributed by atoms with E-state index in [-0.39, 0.29) is 5.82 Å². The molecule has 0 atom stereocenters. The first-order valence-corrected chi connectivity index (χ1v) is 6.09. The fraction of sp³-hybridized carbons (Fsp3) is 0.100. The number of nitrogens with two attached hydrogens (primary N) is 1. The van der Waals surface area contributed by atoms with Gasteiger partial charge in [-0.2, -0.15) is 5.10 Å². The van der Waals surface area contributed by atoms with Crippen LogP contribution < -0.4 is 5.73 Å². The minimum absolute atomic E-state index is 0.292. The second-order valence-electron chi connectivity index (χ2n) is 3.18. The van der Waals surface area contributed by atoms with Gasteiger partial charge in [-0.05, 0) is 43.5 Å². The van der Waals surface area contributed by atoms with Gasteiger partial charge >= 0.3 is 0 Å². The molecule has 1 heterocycles. The SMILES string of the molecule is NCc1ccc(-n2cc(Br)cn2)c(F)c1Br. The van der Waals surface area contributed by atoms with E-state index in [0.717, 1.165) is 10.0 Å². The lowest BCUT2D eigenvalue weighted by Gasteiger charge is -2.08. The van der Waals surface area contributed by atoms with Crippen molar-refractivity contribution < 1.29 is 4.39 Å². The molecule has 0 saturated carbocycles. The first-order valence-electron chi connectivity index (χ1n) is 4.51. The Bertz CT molecular complexity index is 525. The van der Waals surface area contributed by atoms with Crippen LogP contribution in [0.2, 0.25) is 0 Å². The lowest BCUT2D eigenvalue weighted by molar-refractivity contribution is 0.601. The predicted octanol–water partition coefficient (Wildman–Crippen LogP) is 3.00. The van der Waals surface area contributed by atoms with Gasteiger partial charge in [0.2, 0.25) is 0 Å². The van der Waals surface area contributed by atoms with Crippen LogP contribution in [0.5, 0.6) is 0 Å². The number of benzene rings is 1. The first kappa shape index (κ1) is 11.8. The molecule has 0 bridgehead atoms. The Morgan fingerprint density at radius 2 is 2.12 bits per heavy atom. The maximum absolute atomic E-state index is 14.0. The van der Waals surface area contributed by atoms with Crippen molar-refractivity contribution in [2.75, 3.05) is 0 Å². The van der Waals surface area contributed by atoms with Gasteiger partial charge in [0.1, 0.15) is 5.69 Å². The Hall–Kier alpha value is -0.720. The smallest absolute Gasteiger partial charge is 0.163 e. The Morgan fingerprint density at radius 1 is 1.38 bits per heavy atom. The summed E-state index contributed by atoms with van der Waals surface area (Å²) in [4.78, 5) is 0. The zero-order valence-corrected chi connectivity index (χ0v) is 11.3. The topological polar surface area (TPSA) is 43.8 Å². The Balaban J connectivity index is 2.55. The van der Waals surface area contributed by atoms with E-state index in [4.69, 9.17) is 5.73 Å². The summed E-state index contributed by atoms with van der Waals surface area (Å²) in [5.41, 5.74) is 6.60. The van der Waals surface area contributed by atoms with Gasteiger partial charge in [-0.15, -0.1) is 0 Å². The highest BCUT2D eigenvalue weighted by atomic mass is 79.9. The number of nitrogens with zero attached hydrogens (tertiary/aromatic N) is 2. The lowest BCUT2D eigenvalue weighted by atomic mass is 10.2. The predicted molar refractivity (Wildman–Crippen MR) is 66.8 cm³/mol. The first-order chi connectivity index (χ1) is 7.63. The Kier molecular flexibility index (Phi) is 3.41. The summed E-state index contributed by atoms with van der Waals surface area (Å²) in [6.07, 6.45) is 3.29. The van der Waals surface area contributed by atoms with E-state index in [1.165, 1.54) is 4.68 Å². The van der Waals surface area contributed by atoms with Crippen LogP contribution in [-0.4, -0.2) is 9.78 Å². The van der Waals surface area contributed by atoms with Crippen molar-refractivity contribution in [1.29, 1.82) is 0 Å². The normalized spacial score (nSPS) is 10.8. The zero-order chi connectivity index (χ0) is 11.7. The Morgan fingerprint density at radius 3 is 2.69 bits per heavy atom. The van der Waals surface area contributed by atoms with E-state index < -0.39 is 0 Å². The highest BCUT2D eigenvalue weighted by Crippen LogP contribution is 2.26.